The Morgan fingerprint density at radius 1 is 1.28 bits per heavy atom. The molecule has 140 valence electrons. The first kappa shape index (κ1) is 17.6. The van der Waals surface area contributed by atoms with Crippen LogP contribution in [0.4, 0.5) is 0 Å². The van der Waals surface area contributed by atoms with E-state index in [9.17, 15) is 5.11 Å². The van der Waals surface area contributed by atoms with Crippen molar-refractivity contribution in [1.29, 1.82) is 0 Å². The van der Waals surface area contributed by atoms with Gasteiger partial charge in [-0.3, -0.25) is 0 Å². The lowest BCUT2D eigenvalue weighted by molar-refractivity contribution is -0.0265. The lowest BCUT2D eigenvalue weighted by Crippen LogP contribution is -2.45. The first-order chi connectivity index (χ1) is 12.0. The minimum absolute atomic E-state index is 0.0959. The van der Waals surface area contributed by atoms with Crippen LogP contribution >= 0.6 is 0 Å². The summed E-state index contributed by atoms with van der Waals surface area (Å²) in [4.78, 5) is 0. The summed E-state index contributed by atoms with van der Waals surface area (Å²) < 4.78 is 5.69. The first-order valence-corrected chi connectivity index (χ1v) is 10.4. The van der Waals surface area contributed by atoms with Crippen molar-refractivity contribution in [3.05, 3.63) is 23.0 Å². The highest BCUT2D eigenvalue weighted by Gasteiger charge is 2.55. The van der Waals surface area contributed by atoms with E-state index in [1.54, 1.807) is 11.1 Å². The van der Waals surface area contributed by atoms with E-state index in [2.05, 4.69) is 13.0 Å². The fourth-order valence-electron chi connectivity index (χ4n) is 7.01. The molecule has 0 aliphatic heterocycles. The van der Waals surface area contributed by atoms with E-state index in [-0.39, 0.29) is 12.7 Å². The predicted octanol–water partition coefficient (Wildman–Crippen LogP) is 4.20. The highest BCUT2D eigenvalue weighted by molar-refractivity contribution is 5.32. The SMILES string of the molecule is CC(O)[C@H]1CC[C@H]2[C@@H]3CCC4=C(CC=C(OCCO)C4)[C@H]3CC[C@]12C. The fourth-order valence-corrected chi connectivity index (χ4v) is 7.01. The number of allylic oxidation sites excluding steroid dienone is 3. The number of aliphatic hydroxyl groups is 2. The Hall–Kier alpha value is -0.800. The Bertz CT molecular complexity index is 576. The lowest BCUT2D eigenvalue weighted by Gasteiger charge is -2.52. The van der Waals surface area contributed by atoms with Gasteiger partial charge in [0.15, 0.2) is 0 Å². The quantitative estimate of drug-likeness (QED) is 0.750. The minimum atomic E-state index is -0.159. The highest BCUT2D eigenvalue weighted by Crippen LogP contribution is 2.63. The van der Waals surface area contributed by atoms with E-state index in [0.717, 1.165) is 36.4 Å². The average Bonchev–Trinajstić information content (AvgIpc) is 2.97. The second kappa shape index (κ2) is 6.74. The molecule has 6 atom stereocenters. The Morgan fingerprint density at radius 3 is 2.88 bits per heavy atom. The normalized spacial score (nSPS) is 41.5. The van der Waals surface area contributed by atoms with E-state index in [1.165, 1.54) is 38.5 Å². The Balaban J connectivity index is 1.51. The van der Waals surface area contributed by atoms with Crippen molar-refractivity contribution in [1.82, 2.24) is 0 Å². The van der Waals surface area contributed by atoms with Crippen molar-refractivity contribution in [2.45, 2.75) is 71.3 Å². The topological polar surface area (TPSA) is 49.7 Å². The number of fused-ring (bicyclic) bond motifs is 4. The molecule has 0 aromatic rings. The zero-order valence-electron chi connectivity index (χ0n) is 15.8. The molecule has 2 fully saturated rings. The second-order valence-corrected chi connectivity index (χ2v) is 9.14. The van der Waals surface area contributed by atoms with Crippen LogP contribution in [0.15, 0.2) is 23.0 Å². The molecule has 0 spiro atoms. The number of ether oxygens (including phenoxy) is 1. The van der Waals surface area contributed by atoms with Crippen LogP contribution in [-0.4, -0.2) is 29.5 Å². The van der Waals surface area contributed by atoms with E-state index >= 15 is 0 Å². The molecule has 4 rings (SSSR count). The Kier molecular flexibility index (Phi) is 4.74. The molecular weight excluding hydrogens is 312 g/mol. The average molecular weight is 347 g/mol. The van der Waals surface area contributed by atoms with Gasteiger partial charge in [0.05, 0.1) is 18.5 Å². The van der Waals surface area contributed by atoms with Gasteiger partial charge < -0.3 is 14.9 Å². The monoisotopic (exact) mass is 346 g/mol. The second-order valence-electron chi connectivity index (χ2n) is 9.14. The Morgan fingerprint density at radius 2 is 2.12 bits per heavy atom. The van der Waals surface area contributed by atoms with Crippen molar-refractivity contribution in [3.8, 4) is 0 Å². The van der Waals surface area contributed by atoms with Crippen molar-refractivity contribution in [2.75, 3.05) is 13.2 Å². The van der Waals surface area contributed by atoms with Gasteiger partial charge in [-0.1, -0.05) is 18.1 Å². The Labute approximate surface area is 152 Å². The van der Waals surface area contributed by atoms with Crippen molar-refractivity contribution >= 4 is 0 Å². The summed E-state index contributed by atoms with van der Waals surface area (Å²) >= 11 is 0. The zero-order chi connectivity index (χ0) is 17.6. The molecule has 25 heavy (non-hydrogen) atoms. The van der Waals surface area contributed by atoms with Gasteiger partial charge >= 0.3 is 0 Å². The third kappa shape index (κ3) is 2.88. The van der Waals surface area contributed by atoms with E-state index < -0.39 is 0 Å². The summed E-state index contributed by atoms with van der Waals surface area (Å²) in [7, 11) is 0. The van der Waals surface area contributed by atoms with Gasteiger partial charge in [-0.15, -0.1) is 0 Å². The maximum atomic E-state index is 10.3. The van der Waals surface area contributed by atoms with Gasteiger partial charge in [-0.2, -0.15) is 0 Å². The predicted molar refractivity (Wildman–Crippen MR) is 98.8 cm³/mol. The minimum Gasteiger partial charge on any atom is -0.496 e. The van der Waals surface area contributed by atoms with E-state index in [0.29, 0.717) is 17.9 Å². The number of hydrogen-bond acceptors (Lipinski definition) is 3. The molecule has 4 aliphatic carbocycles. The van der Waals surface area contributed by atoms with Crippen LogP contribution < -0.4 is 0 Å². The van der Waals surface area contributed by atoms with Crippen LogP contribution in [0.25, 0.3) is 0 Å². The van der Waals surface area contributed by atoms with Crippen LogP contribution in [-0.2, 0) is 4.74 Å². The molecule has 3 nitrogen and oxygen atoms in total. The summed E-state index contributed by atoms with van der Waals surface area (Å²) in [5, 5.41) is 19.3. The molecule has 0 amide bonds. The van der Waals surface area contributed by atoms with Gasteiger partial charge in [-0.05, 0) is 87.0 Å². The maximum Gasteiger partial charge on any atom is 0.111 e. The molecule has 0 aromatic heterocycles. The van der Waals surface area contributed by atoms with Crippen molar-refractivity contribution in [3.63, 3.8) is 0 Å². The third-order valence-electron chi connectivity index (χ3n) is 8.09. The van der Waals surface area contributed by atoms with Gasteiger partial charge in [0.1, 0.15) is 6.61 Å². The van der Waals surface area contributed by atoms with Gasteiger partial charge in [0, 0.05) is 6.42 Å². The molecule has 0 aromatic carbocycles. The molecule has 1 unspecified atom stereocenters. The molecule has 0 saturated heterocycles. The summed E-state index contributed by atoms with van der Waals surface area (Å²) in [5.41, 5.74) is 3.70. The summed E-state index contributed by atoms with van der Waals surface area (Å²) in [6.07, 6.45) is 11.8. The fraction of sp³-hybridized carbons (Fsp3) is 0.818. The first-order valence-electron chi connectivity index (χ1n) is 10.4. The highest BCUT2D eigenvalue weighted by atomic mass is 16.5. The number of rotatable bonds is 4. The standard InChI is InChI=1S/C22H34O3/c1-14(24)20-7-8-21-19-5-3-15-13-16(25-12-11-23)4-6-17(15)18(19)9-10-22(20,21)2/h4,14,18-21,23-24H,3,5-13H2,1-2H3/t14?,18-,19-,20-,21+,22-/m1/s1. The zero-order valence-corrected chi connectivity index (χ0v) is 15.8. The summed E-state index contributed by atoms with van der Waals surface area (Å²) in [5.74, 6) is 3.97. The van der Waals surface area contributed by atoms with Gasteiger partial charge in [0.25, 0.3) is 0 Å². The maximum absolute atomic E-state index is 10.3. The van der Waals surface area contributed by atoms with Crippen LogP contribution in [0.3, 0.4) is 0 Å². The summed E-state index contributed by atoms with van der Waals surface area (Å²) in [6.45, 7) is 5.00. The molecule has 0 radical (unpaired) electrons. The van der Waals surface area contributed by atoms with E-state index in [1.807, 2.05) is 6.92 Å². The van der Waals surface area contributed by atoms with E-state index in [4.69, 9.17) is 9.84 Å². The molecule has 0 heterocycles. The van der Waals surface area contributed by atoms with Crippen LogP contribution in [0, 0.1) is 29.1 Å². The molecule has 3 heteroatoms. The molecule has 0 bridgehead atoms. The van der Waals surface area contributed by atoms with Crippen LogP contribution in [0.1, 0.15) is 65.2 Å². The third-order valence-corrected chi connectivity index (χ3v) is 8.09. The largest absolute Gasteiger partial charge is 0.496 e. The van der Waals surface area contributed by atoms with Gasteiger partial charge in [-0.25, -0.2) is 0 Å². The molecule has 2 saturated carbocycles. The number of hydrogen-bond donors (Lipinski definition) is 2. The lowest BCUT2D eigenvalue weighted by atomic mass is 9.53. The summed E-state index contributed by atoms with van der Waals surface area (Å²) in [6, 6.07) is 0. The molecule has 2 N–H and O–H groups in total. The smallest absolute Gasteiger partial charge is 0.111 e. The molecule has 4 aliphatic rings. The number of aliphatic hydroxyl groups excluding tert-OH is 2. The van der Waals surface area contributed by atoms with Crippen LogP contribution in [0.5, 0.6) is 0 Å². The van der Waals surface area contributed by atoms with Crippen molar-refractivity contribution in [2.24, 2.45) is 29.1 Å². The molecular formula is C22H34O3. The van der Waals surface area contributed by atoms with Crippen LogP contribution in [0.2, 0.25) is 0 Å². The van der Waals surface area contributed by atoms with Crippen molar-refractivity contribution < 1.29 is 14.9 Å². The van der Waals surface area contributed by atoms with Gasteiger partial charge in [0.2, 0.25) is 0 Å².